The van der Waals surface area contributed by atoms with E-state index >= 15 is 0 Å². The summed E-state index contributed by atoms with van der Waals surface area (Å²) in [5, 5.41) is 41.0. The second kappa shape index (κ2) is 48.3. The lowest BCUT2D eigenvalue weighted by atomic mass is 10.2. The third kappa shape index (κ3) is 54.7. The summed E-state index contributed by atoms with van der Waals surface area (Å²) in [5.41, 5.74) is 0.780. The van der Waals surface area contributed by atoms with Crippen molar-refractivity contribution >= 4 is 70.9 Å². The van der Waals surface area contributed by atoms with Gasteiger partial charge in [-0.15, -0.1) is 0 Å². The Kier molecular flexibility index (Phi) is 55.1. The standard InChI is InChI=1S/4C10H18O2S.CH4/c4*1-3-4-5-6-7-13-8-9(2)10(11)12;/h4*2-8H2,1H3,(H,11,12);1H4/p-4. The van der Waals surface area contributed by atoms with Crippen molar-refractivity contribution in [3.8, 4) is 0 Å². The molecule has 12 heteroatoms. The minimum atomic E-state index is -1.12. The highest BCUT2D eigenvalue weighted by Gasteiger charge is 1.98. The topological polar surface area (TPSA) is 161 Å². The van der Waals surface area contributed by atoms with Gasteiger partial charge in [-0.25, -0.2) is 0 Å². The molecule has 0 saturated heterocycles. The maximum absolute atomic E-state index is 10.2. The molecule has 8 nitrogen and oxygen atoms in total. The normalized spacial score (nSPS) is 9.74. The summed E-state index contributed by atoms with van der Waals surface area (Å²) >= 11 is 6.48. The molecule has 0 amide bonds. The summed E-state index contributed by atoms with van der Waals surface area (Å²) in [7, 11) is 0. The highest BCUT2D eigenvalue weighted by Crippen LogP contribution is 2.13. The van der Waals surface area contributed by atoms with Gasteiger partial charge in [-0.1, -0.05) is 138 Å². The first-order chi connectivity index (χ1) is 24.7. The van der Waals surface area contributed by atoms with E-state index in [2.05, 4.69) is 54.0 Å². The number of unbranched alkanes of at least 4 members (excludes halogenated alkanes) is 12. The fraction of sp³-hybridized carbons (Fsp3) is 0.707. The molecule has 0 aliphatic carbocycles. The quantitative estimate of drug-likeness (QED) is 0.0503. The molecular weight excluding hydrogens is 749 g/mol. The smallest absolute Gasteiger partial charge is 0.0677 e. The van der Waals surface area contributed by atoms with Gasteiger partial charge in [0.1, 0.15) is 0 Å². The van der Waals surface area contributed by atoms with Gasteiger partial charge >= 0.3 is 0 Å². The van der Waals surface area contributed by atoms with Crippen LogP contribution in [0.2, 0.25) is 0 Å². The fourth-order valence-electron chi connectivity index (χ4n) is 3.54. The van der Waals surface area contributed by atoms with Gasteiger partial charge in [0.25, 0.3) is 0 Å². The van der Waals surface area contributed by atoms with Crippen molar-refractivity contribution in [3.63, 3.8) is 0 Å². The van der Waals surface area contributed by atoms with Crippen LogP contribution in [0, 0.1) is 0 Å². The van der Waals surface area contributed by atoms with E-state index in [9.17, 15) is 39.6 Å². The molecule has 0 radical (unpaired) electrons. The summed E-state index contributed by atoms with van der Waals surface area (Å²) in [4.78, 5) is 41.0. The third-order valence-electron chi connectivity index (χ3n) is 6.83. The molecule has 312 valence electrons. The molecule has 0 unspecified atom stereocenters. The van der Waals surface area contributed by atoms with Crippen LogP contribution in [0.15, 0.2) is 48.6 Å². The molecule has 0 atom stereocenters. The van der Waals surface area contributed by atoms with Crippen molar-refractivity contribution in [2.24, 2.45) is 0 Å². The van der Waals surface area contributed by atoms with Gasteiger partial charge < -0.3 is 39.6 Å². The van der Waals surface area contributed by atoms with E-state index in [-0.39, 0.29) is 29.7 Å². The molecule has 0 saturated carbocycles. The van der Waals surface area contributed by atoms with Crippen LogP contribution in [0.1, 0.15) is 138 Å². The van der Waals surface area contributed by atoms with E-state index in [0.717, 1.165) is 23.0 Å². The lowest BCUT2D eigenvalue weighted by molar-refractivity contribution is -0.300. The molecule has 0 aromatic rings. The molecule has 0 N–H and O–H groups in total. The number of hydrogen-bond acceptors (Lipinski definition) is 12. The number of carbonyl (C=O) groups is 4. The van der Waals surface area contributed by atoms with Gasteiger partial charge in [-0.3, -0.25) is 0 Å². The van der Waals surface area contributed by atoms with Gasteiger partial charge in [0.05, 0.1) is 23.9 Å². The highest BCUT2D eigenvalue weighted by molar-refractivity contribution is 8.00. The van der Waals surface area contributed by atoms with Crippen LogP contribution >= 0.6 is 47.0 Å². The predicted molar refractivity (Wildman–Crippen MR) is 229 cm³/mol. The number of aliphatic carboxylic acids is 4. The lowest BCUT2D eigenvalue weighted by Gasteiger charge is -2.05. The zero-order valence-corrected chi connectivity index (χ0v) is 36.0. The second-order valence-corrected chi connectivity index (χ2v) is 16.4. The first-order valence-electron chi connectivity index (χ1n) is 18.6. The predicted octanol–water partition coefficient (Wildman–Crippen LogP) is 7.06. The Morgan fingerprint density at radius 2 is 0.528 bits per heavy atom. The molecule has 0 bridgehead atoms. The molecule has 0 heterocycles. The Hall–Kier alpha value is -1.76. The summed E-state index contributed by atoms with van der Waals surface area (Å²) in [5.74, 6) is 1.56. The van der Waals surface area contributed by atoms with E-state index < -0.39 is 23.9 Å². The number of hydrogen-bond donors (Lipinski definition) is 0. The monoisotopic (exact) mass is 820 g/mol. The molecule has 0 aromatic heterocycles. The van der Waals surface area contributed by atoms with Crippen LogP contribution in [-0.4, -0.2) is 69.9 Å². The molecule has 0 fully saturated rings. The number of thioether (sulfide) groups is 4. The zero-order valence-electron chi connectivity index (χ0n) is 32.7. The van der Waals surface area contributed by atoms with Crippen molar-refractivity contribution in [2.45, 2.75) is 138 Å². The van der Waals surface area contributed by atoms with Crippen LogP contribution in [0.5, 0.6) is 0 Å². The second-order valence-electron chi connectivity index (χ2n) is 12.0. The van der Waals surface area contributed by atoms with Crippen molar-refractivity contribution in [3.05, 3.63) is 48.6 Å². The fourth-order valence-corrected chi connectivity index (χ4v) is 7.21. The van der Waals surface area contributed by atoms with Crippen LogP contribution in [0.3, 0.4) is 0 Å². The maximum Gasteiger partial charge on any atom is 0.0677 e. The number of carboxylic acid groups (broad SMARTS) is 4. The molecular formula is C41H72O8S4-4. The Labute approximate surface area is 341 Å². The maximum atomic E-state index is 10.2. The largest absolute Gasteiger partial charge is 0.545 e. The van der Waals surface area contributed by atoms with E-state index in [4.69, 9.17) is 0 Å². The summed E-state index contributed by atoms with van der Waals surface area (Å²) in [6, 6.07) is 0. The highest BCUT2D eigenvalue weighted by atomic mass is 32.2. The average molecular weight is 821 g/mol. The van der Waals surface area contributed by atoms with Gasteiger partial charge in [0.15, 0.2) is 0 Å². The van der Waals surface area contributed by atoms with Gasteiger partial charge in [0.2, 0.25) is 0 Å². The molecule has 0 spiro atoms. The molecule has 0 aliphatic rings. The molecule has 53 heavy (non-hydrogen) atoms. The SMILES string of the molecule is C.C=C(CSCCCCCC)C(=O)[O-].C=C(CSCCCCCC)C(=O)[O-].C=C(CSCCCCCC)C(=O)[O-].C=C(CSCCCCCC)C(=O)[O-]. The van der Waals surface area contributed by atoms with E-state index in [1.165, 1.54) is 103 Å². The van der Waals surface area contributed by atoms with Crippen LogP contribution in [0.4, 0.5) is 0 Å². The first-order valence-corrected chi connectivity index (χ1v) is 23.2. The first kappa shape index (κ1) is 60.5. The van der Waals surface area contributed by atoms with E-state index in [0.29, 0.717) is 23.0 Å². The van der Waals surface area contributed by atoms with Gasteiger partial charge in [-0.05, 0) is 71.0 Å². The Morgan fingerprint density at radius 1 is 0.358 bits per heavy atom. The number of carbonyl (C=O) groups excluding carboxylic acids is 4. The molecule has 0 aliphatic heterocycles. The van der Waals surface area contributed by atoms with E-state index in [1.54, 1.807) is 47.0 Å². The minimum Gasteiger partial charge on any atom is -0.545 e. The summed E-state index contributed by atoms with van der Waals surface area (Å²) in [6.07, 6.45) is 19.6. The Bertz CT molecular complexity index is 818. The Balaban J connectivity index is -0.000000192. The van der Waals surface area contributed by atoms with Crippen molar-refractivity contribution in [1.82, 2.24) is 0 Å². The van der Waals surface area contributed by atoms with Crippen LogP contribution in [0.25, 0.3) is 0 Å². The minimum absolute atomic E-state index is 0. The number of carboxylic acids is 4. The van der Waals surface area contributed by atoms with Crippen molar-refractivity contribution < 1.29 is 39.6 Å². The lowest BCUT2D eigenvalue weighted by Crippen LogP contribution is -2.24. The summed E-state index contributed by atoms with van der Waals surface area (Å²) in [6.45, 7) is 22.3. The zero-order chi connectivity index (χ0) is 40.4. The average Bonchev–Trinajstić information content (AvgIpc) is 3.11. The van der Waals surface area contributed by atoms with Crippen molar-refractivity contribution in [1.29, 1.82) is 0 Å². The van der Waals surface area contributed by atoms with Crippen LogP contribution < -0.4 is 20.4 Å². The van der Waals surface area contributed by atoms with Crippen molar-refractivity contribution in [2.75, 3.05) is 46.0 Å². The van der Waals surface area contributed by atoms with E-state index in [1.807, 2.05) is 0 Å². The summed E-state index contributed by atoms with van der Waals surface area (Å²) < 4.78 is 0. The third-order valence-corrected chi connectivity index (χ3v) is 11.3. The van der Waals surface area contributed by atoms with Gasteiger partial charge in [0, 0.05) is 23.0 Å². The molecule has 0 aromatic carbocycles. The van der Waals surface area contributed by atoms with Crippen LogP contribution in [-0.2, 0) is 19.2 Å². The number of rotatable bonds is 32. The van der Waals surface area contributed by atoms with Gasteiger partial charge in [-0.2, -0.15) is 47.0 Å². The Morgan fingerprint density at radius 3 is 0.660 bits per heavy atom. The molecule has 0 rings (SSSR count).